The van der Waals surface area contributed by atoms with E-state index in [0.717, 1.165) is 17.7 Å². The van der Waals surface area contributed by atoms with Crippen molar-refractivity contribution in [2.24, 2.45) is 5.73 Å². The van der Waals surface area contributed by atoms with Gasteiger partial charge in [-0.3, -0.25) is 0 Å². The first-order valence-corrected chi connectivity index (χ1v) is 6.20. The van der Waals surface area contributed by atoms with Crippen molar-refractivity contribution in [3.05, 3.63) is 41.5 Å². The Kier molecular flexibility index (Phi) is 3.18. The van der Waals surface area contributed by atoms with Gasteiger partial charge in [-0.2, -0.15) is 4.98 Å². The molecule has 0 saturated heterocycles. The summed E-state index contributed by atoms with van der Waals surface area (Å²) in [4.78, 5) is 4.19. The normalized spacial score (nSPS) is 19.6. The zero-order valence-electron chi connectivity index (χ0n) is 10.3. The predicted octanol–water partition coefficient (Wildman–Crippen LogP) is 0.780. The zero-order chi connectivity index (χ0) is 13.2. The Bertz CT molecular complexity index is 570. The molecule has 1 aromatic carbocycles. The zero-order valence-corrected chi connectivity index (χ0v) is 10.3. The lowest BCUT2D eigenvalue weighted by atomic mass is 9.96. The number of nitrogens with two attached hydrogens (primary N) is 1. The van der Waals surface area contributed by atoms with E-state index in [-0.39, 0.29) is 18.4 Å². The summed E-state index contributed by atoms with van der Waals surface area (Å²) < 4.78 is 10.7. The molecule has 2 aromatic rings. The fourth-order valence-corrected chi connectivity index (χ4v) is 2.14. The number of aliphatic hydroxyl groups excluding tert-OH is 1. The van der Waals surface area contributed by atoms with Gasteiger partial charge in [-0.25, -0.2) is 0 Å². The summed E-state index contributed by atoms with van der Waals surface area (Å²) in [7, 11) is 0. The Balaban J connectivity index is 1.79. The molecule has 0 amide bonds. The number of hydrogen-bond donors (Lipinski definition) is 2. The summed E-state index contributed by atoms with van der Waals surface area (Å²) in [6.45, 7) is 0.570. The Morgan fingerprint density at radius 2 is 2.26 bits per heavy atom. The minimum atomic E-state index is -0.905. The Labute approximate surface area is 110 Å². The van der Waals surface area contributed by atoms with Crippen LogP contribution >= 0.6 is 0 Å². The molecular formula is C13H15N3O3. The van der Waals surface area contributed by atoms with E-state index in [4.69, 9.17) is 15.0 Å². The SMILES string of the molecule is NCC(O)c1nc(C2COc3ccccc3C2)no1. The van der Waals surface area contributed by atoms with E-state index in [2.05, 4.69) is 10.1 Å². The molecule has 2 unspecified atom stereocenters. The summed E-state index contributed by atoms with van der Waals surface area (Å²) in [6, 6.07) is 7.90. The lowest BCUT2D eigenvalue weighted by Gasteiger charge is -2.22. The van der Waals surface area contributed by atoms with Crippen molar-refractivity contribution in [3.63, 3.8) is 0 Å². The molecule has 0 fully saturated rings. The smallest absolute Gasteiger partial charge is 0.256 e. The number of para-hydroxylation sites is 1. The second kappa shape index (κ2) is 4.99. The summed E-state index contributed by atoms with van der Waals surface area (Å²) in [6.07, 6.45) is -0.105. The van der Waals surface area contributed by atoms with Crippen LogP contribution in [0.1, 0.15) is 29.3 Å². The maximum absolute atomic E-state index is 9.55. The fraction of sp³-hybridized carbons (Fsp3) is 0.385. The number of benzene rings is 1. The number of rotatable bonds is 3. The Hall–Kier alpha value is -1.92. The highest BCUT2D eigenvalue weighted by atomic mass is 16.5. The van der Waals surface area contributed by atoms with Gasteiger partial charge in [0.05, 0.1) is 12.5 Å². The third-order valence-corrected chi connectivity index (χ3v) is 3.21. The molecule has 19 heavy (non-hydrogen) atoms. The number of aliphatic hydroxyl groups is 1. The molecule has 6 heteroatoms. The monoisotopic (exact) mass is 261 g/mol. The maximum atomic E-state index is 9.55. The molecule has 2 heterocycles. The lowest BCUT2D eigenvalue weighted by Crippen LogP contribution is -2.20. The van der Waals surface area contributed by atoms with Crippen molar-refractivity contribution >= 4 is 0 Å². The first-order valence-electron chi connectivity index (χ1n) is 6.20. The molecule has 6 nitrogen and oxygen atoms in total. The highest BCUT2D eigenvalue weighted by molar-refractivity contribution is 5.36. The van der Waals surface area contributed by atoms with Crippen LogP contribution in [-0.4, -0.2) is 28.4 Å². The van der Waals surface area contributed by atoms with Gasteiger partial charge in [0.1, 0.15) is 11.9 Å². The summed E-state index contributed by atoms with van der Waals surface area (Å²) >= 11 is 0. The molecule has 2 atom stereocenters. The third-order valence-electron chi connectivity index (χ3n) is 3.21. The van der Waals surface area contributed by atoms with Crippen molar-refractivity contribution < 1.29 is 14.4 Å². The van der Waals surface area contributed by atoms with Gasteiger partial charge < -0.3 is 20.1 Å². The van der Waals surface area contributed by atoms with Crippen LogP contribution in [0.2, 0.25) is 0 Å². The Morgan fingerprint density at radius 1 is 1.42 bits per heavy atom. The van der Waals surface area contributed by atoms with E-state index in [1.807, 2.05) is 24.3 Å². The minimum Gasteiger partial charge on any atom is -0.493 e. The molecule has 1 aliphatic rings. The first kappa shape index (κ1) is 12.1. The molecule has 0 aliphatic carbocycles. The van der Waals surface area contributed by atoms with Gasteiger partial charge in [0.25, 0.3) is 5.89 Å². The lowest BCUT2D eigenvalue weighted by molar-refractivity contribution is 0.141. The fourth-order valence-electron chi connectivity index (χ4n) is 2.14. The average Bonchev–Trinajstić information content (AvgIpc) is 2.95. The average molecular weight is 261 g/mol. The second-order valence-corrected chi connectivity index (χ2v) is 4.56. The molecule has 3 rings (SSSR count). The number of aromatic nitrogens is 2. The highest BCUT2D eigenvalue weighted by Crippen LogP contribution is 2.31. The van der Waals surface area contributed by atoms with E-state index in [0.29, 0.717) is 12.4 Å². The van der Waals surface area contributed by atoms with Crippen LogP contribution in [0.15, 0.2) is 28.8 Å². The van der Waals surface area contributed by atoms with Gasteiger partial charge in [-0.1, -0.05) is 23.4 Å². The van der Waals surface area contributed by atoms with Crippen molar-refractivity contribution in [3.8, 4) is 5.75 Å². The number of nitrogens with zero attached hydrogens (tertiary/aromatic N) is 2. The molecule has 0 bridgehead atoms. The van der Waals surface area contributed by atoms with E-state index >= 15 is 0 Å². The van der Waals surface area contributed by atoms with E-state index in [1.54, 1.807) is 0 Å². The topological polar surface area (TPSA) is 94.4 Å². The van der Waals surface area contributed by atoms with E-state index < -0.39 is 6.10 Å². The number of hydrogen-bond acceptors (Lipinski definition) is 6. The highest BCUT2D eigenvalue weighted by Gasteiger charge is 2.26. The predicted molar refractivity (Wildman–Crippen MR) is 66.7 cm³/mol. The number of fused-ring (bicyclic) bond motifs is 1. The summed E-state index contributed by atoms with van der Waals surface area (Å²) in [5, 5.41) is 13.4. The Morgan fingerprint density at radius 3 is 3.11 bits per heavy atom. The quantitative estimate of drug-likeness (QED) is 0.848. The van der Waals surface area contributed by atoms with Gasteiger partial charge in [-0.15, -0.1) is 0 Å². The molecule has 1 aromatic heterocycles. The summed E-state index contributed by atoms with van der Waals surface area (Å²) in [5.74, 6) is 1.66. The van der Waals surface area contributed by atoms with Gasteiger partial charge >= 0.3 is 0 Å². The molecule has 1 aliphatic heterocycles. The molecular weight excluding hydrogens is 246 g/mol. The van der Waals surface area contributed by atoms with Crippen LogP contribution < -0.4 is 10.5 Å². The summed E-state index contributed by atoms with van der Waals surface area (Å²) in [5.41, 5.74) is 6.48. The molecule has 100 valence electrons. The van der Waals surface area contributed by atoms with Crippen molar-refractivity contribution in [1.29, 1.82) is 0 Å². The number of ether oxygens (including phenoxy) is 1. The largest absolute Gasteiger partial charge is 0.493 e. The molecule has 0 saturated carbocycles. The van der Waals surface area contributed by atoms with Crippen LogP contribution in [0.4, 0.5) is 0 Å². The van der Waals surface area contributed by atoms with Gasteiger partial charge in [0.2, 0.25) is 0 Å². The van der Waals surface area contributed by atoms with E-state index in [1.165, 1.54) is 0 Å². The van der Waals surface area contributed by atoms with Crippen LogP contribution in [-0.2, 0) is 6.42 Å². The first-order chi connectivity index (χ1) is 9.28. The van der Waals surface area contributed by atoms with Gasteiger partial charge in [0, 0.05) is 6.54 Å². The van der Waals surface area contributed by atoms with Gasteiger partial charge in [-0.05, 0) is 18.1 Å². The molecule has 3 N–H and O–H groups in total. The molecule has 0 radical (unpaired) electrons. The maximum Gasteiger partial charge on any atom is 0.256 e. The second-order valence-electron chi connectivity index (χ2n) is 4.56. The third kappa shape index (κ3) is 2.32. The van der Waals surface area contributed by atoms with Crippen LogP contribution in [0.25, 0.3) is 0 Å². The van der Waals surface area contributed by atoms with E-state index in [9.17, 15) is 5.11 Å². The minimum absolute atomic E-state index is 0.0392. The van der Waals surface area contributed by atoms with Crippen LogP contribution in [0.3, 0.4) is 0 Å². The van der Waals surface area contributed by atoms with Crippen molar-refractivity contribution in [2.45, 2.75) is 18.4 Å². The van der Waals surface area contributed by atoms with Crippen molar-refractivity contribution in [1.82, 2.24) is 10.1 Å². The molecule has 0 spiro atoms. The van der Waals surface area contributed by atoms with Crippen molar-refractivity contribution in [2.75, 3.05) is 13.2 Å². The van der Waals surface area contributed by atoms with Crippen LogP contribution in [0, 0.1) is 0 Å². The van der Waals surface area contributed by atoms with Crippen LogP contribution in [0.5, 0.6) is 5.75 Å². The standard InChI is InChI=1S/C13H15N3O3/c14-6-10(17)13-15-12(16-19-13)9-5-8-3-1-2-4-11(8)18-7-9/h1-4,9-10,17H,5-7,14H2. The van der Waals surface area contributed by atoms with Gasteiger partial charge in [0.15, 0.2) is 5.82 Å².